The topological polar surface area (TPSA) is 59.2 Å². The molecule has 2 atom stereocenters. The summed E-state index contributed by atoms with van der Waals surface area (Å²) in [5.41, 5.74) is 1.30. The Balaban J connectivity index is 1.32. The number of aromatic nitrogens is 2. The van der Waals surface area contributed by atoms with Gasteiger partial charge in [0.1, 0.15) is 0 Å². The number of rotatable bonds is 4. The van der Waals surface area contributed by atoms with Crippen LogP contribution in [-0.2, 0) is 11.2 Å². The summed E-state index contributed by atoms with van der Waals surface area (Å²) in [6, 6.07) is 10.4. The van der Waals surface area contributed by atoms with Crippen molar-refractivity contribution < 1.29 is 9.32 Å². The number of hydrogen-bond acceptors (Lipinski definition) is 4. The van der Waals surface area contributed by atoms with Crippen molar-refractivity contribution in [3.63, 3.8) is 0 Å². The summed E-state index contributed by atoms with van der Waals surface area (Å²) in [7, 11) is 0. The Bertz CT molecular complexity index is 704. The number of carbonyl (C=O) groups excluding carboxylic acids is 1. The molecule has 0 bridgehead atoms. The molecule has 0 N–H and O–H groups in total. The van der Waals surface area contributed by atoms with Gasteiger partial charge in [0.05, 0.1) is 0 Å². The van der Waals surface area contributed by atoms with Gasteiger partial charge in [0, 0.05) is 31.3 Å². The van der Waals surface area contributed by atoms with Gasteiger partial charge < -0.3 is 9.42 Å². The predicted octanol–water partition coefficient (Wildman–Crippen LogP) is 3.14. The van der Waals surface area contributed by atoms with Crippen LogP contribution < -0.4 is 0 Å². The molecule has 1 aromatic heterocycles. The summed E-state index contributed by atoms with van der Waals surface area (Å²) in [5.74, 6) is 2.73. The number of benzene rings is 1. The van der Waals surface area contributed by atoms with E-state index >= 15 is 0 Å². The fraction of sp³-hybridized carbons (Fsp3) is 0.526. The molecular weight excluding hydrogens is 302 g/mol. The van der Waals surface area contributed by atoms with Crippen LogP contribution in [0.1, 0.15) is 55.3 Å². The van der Waals surface area contributed by atoms with Crippen LogP contribution >= 0.6 is 0 Å². The Hall–Kier alpha value is -2.17. The third-order valence-electron chi connectivity index (χ3n) is 5.29. The molecule has 126 valence electrons. The molecular formula is C19H23N3O2. The van der Waals surface area contributed by atoms with Crippen molar-refractivity contribution in [2.75, 3.05) is 13.1 Å². The summed E-state index contributed by atoms with van der Waals surface area (Å²) >= 11 is 0. The van der Waals surface area contributed by atoms with Gasteiger partial charge >= 0.3 is 0 Å². The lowest BCUT2D eigenvalue weighted by molar-refractivity contribution is -0.133. The molecule has 1 aliphatic heterocycles. The quantitative estimate of drug-likeness (QED) is 0.866. The van der Waals surface area contributed by atoms with Crippen molar-refractivity contribution in [1.29, 1.82) is 0 Å². The molecule has 1 saturated carbocycles. The minimum Gasteiger partial charge on any atom is -0.342 e. The van der Waals surface area contributed by atoms with Crippen LogP contribution in [0.25, 0.3) is 0 Å². The molecule has 2 aromatic rings. The number of hydrogen-bond donors (Lipinski definition) is 0. The molecule has 0 unspecified atom stereocenters. The molecule has 5 nitrogen and oxygen atoms in total. The lowest BCUT2D eigenvalue weighted by Crippen LogP contribution is -2.39. The van der Waals surface area contributed by atoms with Crippen LogP contribution in [0.5, 0.6) is 0 Å². The second-order valence-corrected chi connectivity index (χ2v) is 6.86. The number of amides is 1. The first-order valence-electron chi connectivity index (χ1n) is 8.92. The first-order valence-corrected chi connectivity index (χ1v) is 8.92. The van der Waals surface area contributed by atoms with Crippen molar-refractivity contribution >= 4 is 5.91 Å². The summed E-state index contributed by atoms with van der Waals surface area (Å²) in [4.78, 5) is 19.2. The van der Waals surface area contributed by atoms with Crippen LogP contribution in [-0.4, -0.2) is 34.0 Å². The zero-order valence-electron chi connectivity index (χ0n) is 14.0. The zero-order chi connectivity index (χ0) is 16.5. The van der Waals surface area contributed by atoms with Gasteiger partial charge in [-0.25, -0.2) is 0 Å². The molecule has 0 spiro atoms. The SMILES string of the molecule is CCc1noc(C2CCN(C(=O)[C@@H]3C[C@H]3c3ccccc3)CC2)n1. The highest BCUT2D eigenvalue weighted by Crippen LogP contribution is 2.48. The number of likely N-dealkylation sites (tertiary alicyclic amines) is 1. The second-order valence-electron chi connectivity index (χ2n) is 6.86. The van der Waals surface area contributed by atoms with Gasteiger partial charge in [-0.05, 0) is 30.7 Å². The molecule has 1 aromatic carbocycles. The minimum atomic E-state index is 0.180. The van der Waals surface area contributed by atoms with Crippen LogP contribution in [0.3, 0.4) is 0 Å². The number of nitrogens with zero attached hydrogens (tertiary/aromatic N) is 3. The molecule has 2 heterocycles. The van der Waals surface area contributed by atoms with Gasteiger partial charge in [-0.1, -0.05) is 42.4 Å². The fourth-order valence-electron chi connectivity index (χ4n) is 3.69. The highest BCUT2D eigenvalue weighted by molar-refractivity contribution is 5.83. The second kappa shape index (κ2) is 6.38. The first kappa shape index (κ1) is 15.4. The van der Waals surface area contributed by atoms with Gasteiger partial charge in [-0.15, -0.1) is 0 Å². The van der Waals surface area contributed by atoms with E-state index in [0.29, 0.717) is 17.7 Å². The number of carbonyl (C=O) groups is 1. The summed E-state index contributed by atoms with van der Waals surface area (Å²) in [6.45, 7) is 3.62. The maximum atomic E-state index is 12.7. The summed E-state index contributed by atoms with van der Waals surface area (Å²) < 4.78 is 5.36. The van der Waals surface area contributed by atoms with Gasteiger partial charge in [-0.2, -0.15) is 4.98 Å². The lowest BCUT2D eigenvalue weighted by atomic mass is 9.96. The van der Waals surface area contributed by atoms with E-state index in [9.17, 15) is 4.79 Å². The van der Waals surface area contributed by atoms with Crippen LogP contribution in [0.15, 0.2) is 34.9 Å². The van der Waals surface area contributed by atoms with Crippen LogP contribution in [0.2, 0.25) is 0 Å². The summed E-state index contributed by atoms with van der Waals surface area (Å²) in [5, 5.41) is 3.98. The van der Waals surface area contributed by atoms with E-state index in [1.807, 2.05) is 17.9 Å². The maximum absolute atomic E-state index is 12.7. The molecule has 2 fully saturated rings. The summed E-state index contributed by atoms with van der Waals surface area (Å²) in [6.07, 6.45) is 3.62. The van der Waals surface area contributed by atoms with Gasteiger partial charge in [0.2, 0.25) is 11.8 Å². The Kier molecular flexibility index (Phi) is 4.08. The molecule has 1 amide bonds. The number of aryl methyl sites for hydroxylation is 1. The smallest absolute Gasteiger partial charge is 0.229 e. The standard InChI is InChI=1S/C19H23N3O2/c1-2-17-20-18(24-21-17)14-8-10-22(11-9-14)19(23)16-12-15(16)13-6-4-3-5-7-13/h3-7,14-16H,2,8-12H2,1H3/t15-,16+/m0/s1. The minimum absolute atomic E-state index is 0.180. The third kappa shape index (κ3) is 2.95. The highest BCUT2D eigenvalue weighted by Gasteiger charge is 2.46. The van der Waals surface area contributed by atoms with Gasteiger partial charge in [0.15, 0.2) is 5.82 Å². The van der Waals surface area contributed by atoms with Gasteiger partial charge in [0.25, 0.3) is 0 Å². The van der Waals surface area contributed by atoms with Crippen LogP contribution in [0, 0.1) is 5.92 Å². The highest BCUT2D eigenvalue weighted by atomic mass is 16.5. The Morgan fingerprint density at radius 2 is 2.00 bits per heavy atom. The maximum Gasteiger partial charge on any atom is 0.229 e. The molecule has 4 rings (SSSR count). The largest absolute Gasteiger partial charge is 0.342 e. The molecule has 5 heteroatoms. The Labute approximate surface area is 142 Å². The lowest BCUT2D eigenvalue weighted by Gasteiger charge is -2.30. The van der Waals surface area contributed by atoms with E-state index in [2.05, 4.69) is 34.4 Å². The molecule has 1 saturated heterocycles. The Morgan fingerprint density at radius 3 is 2.67 bits per heavy atom. The van der Waals surface area contributed by atoms with E-state index in [4.69, 9.17) is 4.52 Å². The molecule has 2 aliphatic rings. The molecule has 0 radical (unpaired) electrons. The average molecular weight is 325 g/mol. The zero-order valence-corrected chi connectivity index (χ0v) is 14.0. The average Bonchev–Trinajstić information content (AvgIpc) is 3.31. The van der Waals surface area contributed by atoms with Crippen molar-refractivity contribution in [1.82, 2.24) is 15.0 Å². The normalized spacial score (nSPS) is 24.1. The van der Waals surface area contributed by atoms with E-state index < -0.39 is 0 Å². The van der Waals surface area contributed by atoms with E-state index in [1.54, 1.807) is 0 Å². The van der Waals surface area contributed by atoms with E-state index in [-0.39, 0.29) is 5.92 Å². The molecule has 1 aliphatic carbocycles. The monoisotopic (exact) mass is 325 g/mol. The molecule has 24 heavy (non-hydrogen) atoms. The third-order valence-corrected chi connectivity index (χ3v) is 5.29. The van der Waals surface area contributed by atoms with Crippen LogP contribution in [0.4, 0.5) is 0 Å². The Morgan fingerprint density at radius 1 is 1.25 bits per heavy atom. The van der Waals surface area contributed by atoms with Crippen molar-refractivity contribution in [2.45, 2.75) is 44.4 Å². The predicted molar refractivity (Wildman–Crippen MR) is 89.5 cm³/mol. The van der Waals surface area contributed by atoms with Crippen molar-refractivity contribution in [3.05, 3.63) is 47.6 Å². The van der Waals surface area contributed by atoms with E-state index in [0.717, 1.165) is 50.5 Å². The van der Waals surface area contributed by atoms with E-state index in [1.165, 1.54) is 5.56 Å². The first-order chi connectivity index (χ1) is 11.8. The van der Waals surface area contributed by atoms with Crippen molar-refractivity contribution in [2.24, 2.45) is 5.92 Å². The van der Waals surface area contributed by atoms with Gasteiger partial charge in [-0.3, -0.25) is 4.79 Å². The van der Waals surface area contributed by atoms with Crippen molar-refractivity contribution in [3.8, 4) is 0 Å². The number of piperidine rings is 1. The fourth-order valence-corrected chi connectivity index (χ4v) is 3.69.